The summed E-state index contributed by atoms with van der Waals surface area (Å²) >= 11 is 0. The third-order valence-electron chi connectivity index (χ3n) is 3.28. The molecule has 0 saturated heterocycles. The molecule has 0 spiro atoms. The van der Waals surface area contributed by atoms with E-state index in [0.717, 1.165) is 0 Å². The molecule has 0 unspecified atom stereocenters. The Hall–Kier alpha value is -2.67. The van der Waals surface area contributed by atoms with E-state index in [-0.39, 0.29) is 36.6 Å². The normalized spacial score (nSPS) is 10.6. The number of methoxy groups -OCH3 is 1. The van der Waals surface area contributed by atoms with Crippen LogP contribution in [0.15, 0.2) is 29.2 Å². The lowest BCUT2D eigenvalue weighted by Gasteiger charge is -2.12. The molecule has 0 bridgehead atoms. The number of rotatable bonds is 5. The third-order valence-corrected chi connectivity index (χ3v) is 3.28. The summed E-state index contributed by atoms with van der Waals surface area (Å²) in [6.45, 7) is -0.200. The van der Waals surface area contributed by atoms with E-state index in [1.807, 2.05) is 0 Å². The molecule has 1 aromatic carbocycles. The van der Waals surface area contributed by atoms with Gasteiger partial charge in [0.05, 0.1) is 13.7 Å². The van der Waals surface area contributed by atoms with E-state index in [0.29, 0.717) is 5.56 Å². The van der Waals surface area contributed by atoms with Gasteiger partial charge in [0.25, 0.3) is 0 Å². The smallest absolute Gasteiger partial charge is 0.238 e. The SMILES string of the molecule is COc1cc(Cc2cn(CCO)c(O)c(O)c2=O)ccc1O. The Morgan fingerprint density at radius 3 is 2.59 bits per heavy atom. The van der Waals surface area contributed by atoms with E-state index < -0.39 is 17.1 Å². The average Bonchev–Trinajstić information content (AvgIpc) is 2.51. The number of aromatic hydroxyl groups is 3. The number of aromatic nitrogens is 1. The number of hydrogen-bond donors (Lipinski definition) is 4. The summed E-state index contributed by atoms with van der Waals surface area (Å²) in [7, 11) is 1.42. The van der Waals surface area contributed by atoms with E-state index in [2.05, 4.69) is 0 Å². The Labute approximate surface area is 126 Å². The highest BCUT2D eigenvalue weighted by Gasteiger charge is 2.15. The van der Waals surface area contributed by atoms with Gasteiger partial charge in [0.1, 0.15) is 0 Å². The highest BCUT2D eigenvalue weighted by atomic mass is 16.5. The first-order valence-corrected chi connectivity index (χ1v) is 6.59. The molecule has 0 atom stereocenters. The van der Waals surface area contributed by atoms with E-state index >= 15 is 0 Å². The molecule has 0 radical (unpaired) electrons. The second kappa shape index (κ2) is 6.40. The number of hydrogen-bond acceptors (Lipinski definition) is 6. The molecule has 1 aromatic heterocycles. The maximum Gasteiger partial charge on any atom is 0.238 e. The van der Waals surface area contributed by atoms with Crippen LogP contribution in [0.3, 0.4) is 0 Å². The van der Waals surface area contributed by atoms with Gasteiger partial charge in [-0.1, -0.05) is 6.07 Å². The fourth-order valence-corrected chi connectivity index (χ4v) is 2.15. The molecule has 1 heterocycles. The molecule has 0 aliphatic rings. The molecule has 22 heavy (non-hydrogen) atoms. The van der Waals surface area contributed by atoms with Crippen molar-refractivity contribution in [2.75, 3.05) is 13.7 Å². The maximum absolute atomic E-state index is 12.0. The van der Waals surface area contributed by atoms with Crippen LogP contribution in [0, 0.1) is 0 Å². The van der Waals surface area contributed by atoms with Crippen LogP contribution < -0.4 is 10.2 Å². The van der Waals surface area contributed by atoms with Crippen LogP contribution >= 0.6 is 0 Å². The fraction of sp³-hybridized carbons (Fsp3) is 0.267. The molecule has 2 aromatic rings. The zero-order chi connectivity index (χ0) is 16.3. The van der Waals surface area contributed by atoms with Crippen LogP contribution in [-0.4, -0.2) is 38.7 Å². The maximum atomic E-state index is 12.0. The minimum atomic E-state index is -0.753. The van der Waals surface area contributed by atoms with Crippen molar-refractivity contribution in [3.05, 3.63) is 45.7 Å². The number of aliphatic hydroxyl groups excluding tert-OH is 1. The molecule has 0 amide bonds. The van der Waals surface area contributed by atoms with Crippen molar-refractivity contribution in [3.8, 4) is 23.1 Å². The zero-order valence-electron chi connectivity index (χ0n) is 12.0. The number of benzene rings is 1. The van der Waals surface area contributed by atoms with Crippen LogP contribution in [0.2, 0.25) is 0 Å². The van der Waals surface area contributed by atoms with Gasteiger partial charge in [0.15, 0.2) is 11.5 Å². The third kappa shape index (κ3) is 2.99. The lowest BCUT2D eigenvalue weighted by molar-refractivity contribution is 0.261. The number of nitrogens with zero attached hydrogens (tertiary/aromatic N) is 1. The highest BCUT2D eigenvalue weighted by molar-refractivity contribution is 5.44. The van der Waals surface area contributed by atoms with Gasteiger partial charge in [-0.25, -0.2) is 0 Å². The second-order valence-corrected chi connectivity index (χ2v) is 4.76. The molecule has 2 rings (SSSR count). The molecule has 0 saturated carbocycles. The number of phenolic OH excluding ortho intramolecular Hbond substituents is 1. The van der Waals surface area contributed by atoms with Crippen molar-refractivity contribution < 1.29 is 25.2 Å². The number of ether oxygens (including phenoxy) is 1. The van der Waals surface area contributed by atoms with Crippen LogP contribution in [0.25, 0.3) is 0 Å². The summed E-state index contributed by atoms with van der Waals surface area (Å²) < 4.78 is 6.20. The Bertz CT molecular complexity index is 738. The van der Waals surface area contributed by atoms with Crippen LogP contribution in [0.5, 0.6) is 23.1 Å². The second-order valence-electron chi connectivity index (χ2n) is 4.76. The van der Waals surface area contributed by atoms with E-state index in [9.17, 15) is 20.1 Å². The van der Waals surface area contributed by atoms with Crippen LogP contribution in [0.1, 0.15) is 11.1 Å². The lowest BCUT2D eigenvalue weighted by atomic mass is 10.1. The standard InChI is InChI=1S/C15H17NO6/c1-22-12-7-9(2-3-11(12)18)6-10-8-16(4-5-17)15(21)14(20)13(10)19/h2-3,7-8,17-18,20-21H,4-6H2,1H3. The molecular weight excluding hydrogens is 290 g/mol. The van der Waals surface area contributed by atoms with Crippen LogP contribution in [0.4, 0.5) is 0 Å². The summed E-state index contributed by atoms with van der Waals surface area (Å²) in [4.78, 5) is 12.0. The summed E-state index contributed by atoms with van der Waals surface area (Å²) in [5.41, 5.74) is 0.252. The number of phenols is 1. The first kappa shape index (κ1) is 15.7. The molecule has 7 heteroatoms. The lowest BCUT2D eigenvalue weighted by Crippen LogP contribution is -2.15. The molecule has 7 nitrogen and oxygen atoms in total. The molecule has 0 aliphatic heterocycles. The van der Waals surface area contributed by atoms with Gasteiger partial charge in [-0.15, -0.1) is 0 Å². The summed E-state index contributed by atoms with van der Waals surface area (Å²) in [5.74, 6) is -1.07. The molecule has 0 aliphatic carbocycles. The quantitative estimate of drug-likeness (QED) is 0.642. The van der Waals surface area contributed by atoms with Crippen molar-refractivity contribution in [1.82, 2.24) is 4.57 Å². The molecule has 118 valence electrons. The van der Waals surface area contributed by atoms with Gasteiger partial charge in [-0.2, -0.15) is 0 Å². The van der Waals surface area contributed by atoms with E-state index in [1.165, 1.54) is 23.9 Å². The summed E-state index contributed by atoms with van der Waals surface area (Å²) in [6, 6.07) is 4.65. The van der Waals surface area contributed by atoms with Crippen molar-refractivity contribution in [2.24, 2.45) is 0 Å². The van der Waals surface area contributed by atoms with Crippen LogP contribution in [-0.2, 0) is 13.0 Å². The Morgan fingerprint density at radius 2 is 1.95 bits per heavy atom. The zero-order valence-corrected chi connectivity index (χ0v) is 12.0. The van der Waals surface area contributed by atoms with Gasteiger partial charge in [0.2, 0.25) is 17.1 Å². The van der Waals surface area contributed by atoms with Gasteiger partial charge in [-0.05, 0) is 17.7 Å². The number of aliphatic hydroxyl groups is 1. The van der Waals surface area contributed by atoms with Gasteiger partial charge < -0.3 is 29.7 Å². The minimum absolute atomic E-state index is 0.0162. The van der Waals surface area contributed by atoms with Gasteiger partial charge >= 0.3 is 0 Å². The van der Waals surface area contributed by atoms with E-state index in [4.69, 9.17) is 9.84 Å². The Morgan fingerprint density at radius 1 is 1.23 bits per heavy atom. The monoisotopic (exact) mass is 307 g/mol. The summed E-state index contributed by atoms with van der Waals surface area (Å²) in [6.07, 6.45) is 1.56. The first-order chi connectivity index (χ1) is 10.5. The molecular formula is C15H17NO6. The fourth-order valence-electron chi connectivity index (χ4n) is 2.15. The summed E-state index contributed by atoms with van der Waals surface area (Å²) in [5, 5.41) is 37.9. The topological polar surface area (TPSA) is 112 Å². The van der Waals surface area contributed by atoms with Crippen molar-refractivity contribution in [1.29, 1.82) is 0 Å². The van der Waals surface area contributed by atoms with Gasteiger partial charge in [0, 0.05) is 24.7 Å². The average molecular weight is 307 g/mol. The predicted molar refractivity (Wildman–Crippen MR) is 78.6 cm³/mol. The van der Waals surface area contributed by atoms with E-state index in [1.54, 1.807) is 12.1 Å². The largest absolute Gasteiger partial charge is 0.504 e. The first-order valence-electron chi connectivity index (χ1n) is 6.59. The van der Waals surface area contributed by atoms with Crippen molar-refractivity contribution in [3.63, 3.8) is 0 Å². The highest BCUT2D eigenvalue weighted by Crippen LogP contribution is 2.28. The number of pyridine rings is 1. The minimum Gasteiger partial charge on any atom is -0.504 e. The van der Waals surface area contributed by atoms with Gasteiger partial charge in [-0.3, -0.25) is 4.79 Å². The molecule has 4 N–H and O–H groups in total. The Balaban J connectivity index is 2.43. The van der Waals surface area contributed by atoms with Crippen molar-refractivity contribution >= 4 is 0 Å². The Kier molecular flexibility index (Phi) is 4.57. The molecule has 0 fully saturated rings. The van der Waals surface area contributed by atoms with Crippen molar-refractivity contribution in [2.45, 2.75) is 13.0 Å². The predicted octanol–water partition coefficient (Wildman–Crippen LogP) is 0.557.